The Morgan fingerprint density at radius 2 is 1.95 bits per heavy atom. The molecule has 9 heteroatoms. The Kier molecular flexibility index (Phi) is 3.27. The maximum atomic E-state index is 12.2. The predicted octanol–water partition coefficient (Wildman–Crippen LogP) is 2.62. The van der Waals surface area contributed by atoms with Gasteiger partial charge in [-0.2, -0.15) is 0 Å². The van der Waals surface area contributed by atoms with Gasteiger partial charge in [0.1, 0.15) is 4.21 Å². The molecule has 0 radical (unpaired) electrons. The average molecular weight is 377 g/mol. The zero-order chi connectivity index (χ0) is 14.3. The third kappa shape index (κ3) is 2.43. The van der Waals surface area contributed by atoms with E-state index in [-0.39, 0.29) is 22.4 Å². The number of hydrogen-bond acceptors (Lipinski definition) is 6. The molecular weight excluding hydrogens is 368 g/mol. The molecule has 6 nitrogen and oxygen atoms in total. The molecule has 1 aromatic heterocycles. The van der Waals surface area contributed by atoms with Crippen LogP contribution < -0.4 is 19.9 Å². The van der Waals surface area contributed by atoms with E-state index >= 15 is 0 Å². The summed E-state index contributed by atoms with van der Waals surface area (Å²) in [6.07, 6.45) is 0. The third-order valence-electron chi connectivity index (χ3n) is 2.60. The molecule has 106 valence electrons. The Labute approximate surface area is 127 Å². The third-order valence-corrected chi connectivity index (χ3v) is 6.08. The van der Waals surface area contributed by atoms with Crippen molar-refractivity contribution in [2.75, 3.05) is 17.2 Å². The zero-order valence-electron chi connectivity index (χ0n) is 9.92. The lowest BCUT2D eigenvalue weighted by molar-refractivity contribution is 0.174. The summed E-state index contributed by atoms with van der Waals surface area (Å²) in [5.74, 6) is 0.966. The highest BCUT2D eigenvalue weighted by molar-refractivity contribution is 9.11. The van der Waals surface area contributed by atoms with Crippen molar-refractivity contribution < 1.29 is 17.9 Å². The number of hydrogen-bond donors (Lipinski definition) is 2. The van der Waals surface area contributed by atoms with Crippen LogP contribution in [0.3, 0.4) is 0 Å². The van der Waals surface area contributed by atoms with Gasteiger partial charge in [-0.25, -0.2) is 8.42 Å². The van der Waals surface area contributed by atoms with Crippen LogP contribution in [0.1, 0.15) is 0 Å². The molecule has 0 aliphatic carbocycles. The zero-order valence-corrected chi connectivity index (χ0v) is 13.1. The van der Waals surface area contributed by atoms with E-state index in [2.05, 4.69) is 20.7 Å². The van der Waals surface area contributed by atoms with Crippen molar-refractivity contribution >= 4 is 48.7 Å². The number of thiophene rings is 1. The lowest BCUT2D eigenvalue weighted by atomic mass is 10.2. The van der Waals surface area contributed by atoms with E-state index in [1.807, 2.05) is 0 Å². The van der Waals surface area contributed by atoms with Gasteiger partial charge in [0.15, 0.2) is 11.5 Å². The summed E-state index contributed by atoms with van der Waals surface area (Å²) in [6, 6.07) is 6.23. The molecule has 0 spiro atoms. The Balaban J connectivity index is 1.95. The van der Waals surface area contributed by atoms with Crippen molar-refractivity contribution in [1.29, 1.82) is 0 Å². The molecule has 2 aromatic rings. The van der Waals surface area contributed by atoms with Gasteiger partial charge < -0.3 is 15.2 Å². The largest absolute Gasteiger partial charge is 0.454 e. The quantitative estimate of drug-likeness (QED) is 0.803. The van der Waals surface area contributed by atoms with Gasteiger partial charge in [-0.15, -0.1) is 11.3 Å². The fourth-order valence-electron chi connectivity index (χ4n) is 1.68. The summed E-state index contributed by atoms with van der Waals surface area (Å²) in [4.78, 5) is 0. The number of nitrogens with one attached hydrogen (secondary N) is 1. The number of ether oxygens (including phenoxy) is 2. The smallest absolute Gasteiger partial charge is 0.271 e. The number of nitrogens with two attached hydrogens (primary N) is 1. The molecule has 1 aromatic carbocycles. The number of fused-ring (bicyclic) bond motifs is 1. The monoisotopic (exact) mass is 376 g/mol. The van der Waals surface area contributed by atoms with Crippen LogP contribution in [-0.2, 0) is 10.0 Å². The second-order valence-corrected chi connectivity index (χ2v) is 8.33. The summed E-state index contributed by atoms with van der Waals surface area (Å²) < 4.78 is 38.2. The van der Waals surface area contributed by atoms with Crippen molar-refractivity contribution in [3.05, 3.63) is 28.1 Å². The van der Waals surface area contributed by atoms with Gasteiger partial charge >= 0.3 is 0 Å². The minimum absolute atomic E-state index is 0.100. The highest BCUT2D eigenvalue weighted by atomic mass is 79.9. The number of benzene rings is 1. The van der Waals surface area contributed by atoms with Gasteiger partial charge in [0.05, 0.1) is 15.2 Å². The fraction of sp³-hybridized carbons (Fsp3) is 0.0909. The van der Waals surface area contributed by atoms with E-state index in [1.54, 1.807) is 6.07 Å². The molecule has 3 rings (SSSR count). The van der Waals surface area contributed by atoms with E-state index in [9.17, 15) is 8.42 Å². The molecule has 1 aliphatic heterocycles. The molecule has 0 saturated heterocycles. The van der Waals surface area contributed by atoms with E-state index in [0.717, 1.165) is 15.1 Å². The van der Waals surface area contributed by atoms with E-state index in [1.165, 1.54) is 18.2 Å². The Morgan fingerprint density at radius 1 is 1.25 bits per heavy atom. The van der Waals surface area contributed by atoms with Gasteiger partial charge in [0, 0.05) is 12.1 Å². The predicted molar refractivity (Wildman–Crippen MR) is 79.8 cm³/mol. The first-order valence-electron chi connectivity index (χ1n) is 5.43. The highest BCUT2D eigenvalue weighted by Gasteiger charge is 2.21. The first-order valence-corrected chi connectivity index (χ1v) is 8.52. The number of sulfonamides is 1. The minimum atomic E-state index is -3.67. The maximum Gasteiger partial charge on any atom is 0.271 e. The second kappa shape index (κ2) is 4.83. The molecule has 2 heterocycles. The van der Waals surface area contributed by atoms with E-state index < -0.39 is 10.0 Å². The summed E-state index contributed by atoms with van der Waals surface area (Å²) >= 11 is 4.34. The summed E-state index contributed by atoms with van der Waals surface area (Å²) in [5.41, 5.74) is 6.35. The average Bonchev–Trinajstić information content (AvgIpc) is 2.98. The van der Waals surface area contributed by atoms with Gasteiger partial charge in [-0.1, -0.05) is 0 Å². The van der Waals surface area contributed by atoms with Crippen LogP contribution in [0.15, 0.2) is 32.3 Å². The highest BCUT2D eigenvalue weighted by Crippen LogP contribution is 2.39. The molecule has 0 unspecified atom stereocenters. The van der Waals surface area contributed by atoms with Crippen LogP contribution in [0.5, 0.6) is 11.5 Å². The van der Waals surface area contributed by atoms with Crippen molar-refractivity contribution in [3.8, 4) is 11.5 Å². The van der Waals surface area contributed by atoms with Crippen LogP contribution in [0.25, 0.3) is 0 Å². The van der Waals surface area contributed by atoms with Crippen molar-refractivity contribution in [3.63, 3.8) is 0 Å². The molecule has 0 fully saturated rings. The first kappa shape index (κ1) is 13.5. The standard InChI is InChI=1S/C11H9BrN2O4S2/c12-10-1-2-11(19-10)20(15,16)14-7-4-9-8(3-6(7)13)17-5-18-9/h1-4,14H,5,13H2. The second-order valence-electron chi connectivity index (χ2n) is 3.96. The topological polar surface area (TPSA) is 90.7 Å². The minimum Gasteiger partial charge on any atom is -0.454 e. The first-order chi connectivity index (χ1) is 9.45. The Bertz CT molecular complexity index is 773. The number of nitrogen functional groups attached to an aromatic ring is 1. The maximum absolute atomic E-state index is 12.2. The molecule has 1 aliphatic rings. The Morgan fingerprint density at radius 3 is 2.60 bits per heavy atom. The van der Waals surface area contributed by atoms with Gasteiger partial charge in [0.25, 0.3) is 10.0 Å². The van der Waals surface area contributed by atoms with Crippen molar-refractivity contribution in [2.45, 2.75) is 4.21 Å². The van der Waals surface area contributed by atoms with E-state index in [0.29, 0.717) is 11.5 Å². The normalized spacial score (nSPS) is 13.4. The number of rotatable bonds is 3. The van der Waals surface area contributed by atoms with Crippen molar-refractivity contribution in [1.82, 2.24) is 0 Å². The van der Waals surface area contributed by atoms with Crippen LogP contribution >= 0.6 is 27.3 Å². The summed E-state index contributed by atoms with van der Waals surface area (Å²) in [6.45, 7) is 0.100. The lowest BCUT2D eigenvalue weighted by Gasteiger charge is -2.10. The molecular formula is C11H9BrN2O4S2. The van der Waals surface area contributed by atoms with Crippen LogP contribution in [0.2, 0.25) is 0 Å². The summed E-state index contributed by atoms with van der Waals surface area (Å²) in [5, 5.41) is 0. The van der Waals surface area contributed by atoms with Gasteiger partial charge in [-0.05, 0) is 28.1 Å². The van der Waals surface area contributed by atoms with E-state index in [4.69, 9.17) is 15.2 Å². The van der Waals surface area contributed by atoms with Crippen LogP contribution in [-0.4, -0.2) is 15.2 Å². The van der Waals surface area contributed by atoms with Gasteiger partial charge in [-0.3, -0.25) is 4.72 Å². The lowest BCUT2D eigenvalue weighted by Crippen LogP contribution is -2.12. The number of anilines is 2. The molecule has 0 atom stereocenters. The molecule has 0 amide bonds. The molecule has 0 bridgehead atoms. The summed E-state index contributed by atoms with van der Waals surface area (Å²) in [7, 11) is -3.67. The molecule has 0 saturated carbocycles. The van der Waals surface area contributed by atoms with Crippen molar-refractivity contribution in [2.24, 2.45) is 0 Å². The molecule has 20 heavy (non-hydrogen) atoms. The molecule has 3 N–H and O–H groups in total. The number of halogens is 1. The Hall–Kier alpha value is -1.45. The van der Waals surface area contributed by atoms with Crippen LogP contribution in [0, 0.1) is 0 Å². The fourth-order valence-corrected chi connectivity index (χ4v) is 4.77. The van der Waals surface area contributed by atoms with Gasteiger partial charge in [0.2, 0.25) is 6.79 Å². The van der Waals surface area contributed by atoms with Crippen LogP contribution in [0.4, 0.5) is 11.4 Å². The SMILES string of the molecule is Nc1cc2c(cc1NS(=O)(=O)c1ccc(Br)s1)OCO2.